The fourth-order valence-electron chi connectivity index (χ4n) is 1.45. The summed E-state index contributed by atoms with van der Waals surface area (Å²) in [4.78, 5) is 11.1. The zero-order chi connectivity index (χ0) is 14.0. The number of benzene rings is 2. The number of halogens is 3. The SMILES string of the molecule is O=C(O)c1cccc(Cl)c1Oc1cc(Br)ccc1F. The molecule has 6 heteroatoms. The molecule has 2 aromatic rings. The molecule has 0 radical (unpaired) electrons. The van der Waals surface area contributed by atoms with Gasteiger partial charge < -0.3 is 9.84 Å². The molecule has 19 heavy (non-hydrogen) atoms. The lowest BCUT2D eigenvalue weighted by molar-refractivity contribution is 0.0694. The molecule has 0 bridgehead atoms. The molecule has 2 rings (SSSR count). The van der Waals surface area contributed by atoms with E-state index in [1.807, 2.05) is 0 Å². The van der Waals surface area contributed by atoms with Gasteiger partial charge in [0.05, 0.1) is 5.02 Å². The number of carbonyl (C=O) groups is 1. The summed E-state index contributed by atoms with van der Waals surface area (Å²) in [6.45, 7) is 0. The van der Waals surface area contributed by atoms with E-state index in [9.17, 15) is 9.18 Å². The lowest BCUT2D eigenvalue weighted by Gasteiger charge is -2.11. The van der Waals surface area contributed by atoms with Crippen LogP contribution in [0, 0.1) is 5.82 Å². The Morgan fingerprint density at radius 3 is 2.74 bits per heavy atom. The van der Waals surface area contributed by atoms with Gasteiger partial charge >= 0.3 is 5.97 Å². The van der Waals surface area contributed by atoms with E-state index in [-0.39, 0.29) is 22.1 Å². The van der Waals surface area contributed by atoms with Crippen LogP contribution in [-0.4, -0.2) is 11.1 Å². The van der Waals surface area contributed by atoms with E-state index in [0.29, 0.717) is 4.47 Å². The maximum Gasteiger partial charge on any atom is 0.339 e. The molecule has 0 aliphatic heterocycles. The van der Waals surface area contributed by atoms with E-state index in [0.717, 1.165) is 0 Å². The second-order valence-electron chi connectivity index (χ2n) is 3.60. The molecule has 0 aliphatic rings. The predicted molar refractivity (Wildman–Crippen MR) is 72.6 cm³/mol. The first-order chi connectivity index (χ1) is 8.99. The van der Waals surface area contributed by atoms with E-state index in [2.05, 4.69) is 15.9 Å². The number of ether oxygens (including phenoxy) is 1. The third-order valence-electron chi connectivity index (χ3n) is 2.30. The second kappa shape index (κ2) is 5.59. The lowest BCUT2D eigenvalue weighted by Crippen LogP contribution is -2.01. The molecular formula is C13H7BrClFO3. The van der Waals surface area contributed by atoms with Crippen molar-refractivity contribution in [2.45, 2.75) is 0 Å². The van der Waals surface area contributed by atoms with Crippen LogP contribution in [-0.2, 0) is 0 Å². The minimum absolute atomic E-state index is 0.0892. The topological polar surface area (TPSA) is 46.5 Å². The van der Waals surface area contributed by atoms with Crippen LogP contribution >= 0.6 is 27.5 Å². The largest absolute Gasteiger partial charge is 0.478 e. The van der Waals surface area contributed by atoms with Gasteiger partial charge in [-0.15, -0.1) is 0 Å². The highest BCUT2D eigenvalue weighted by Crippen LogP contribution is 2.35. The molecule has 0 aliphatic carbocycles. The molecule has 0 fully saturated rings. The Morgan fingerprint density at radius 1 is 1.32 bits per heavy atom. The molecule has 0 aromatic heterocycles. The smallest absolute Gasteiger partial charge is 0.339 e. The normalized spacial score (nSPS) is 10.3. The van der Waals surface area contributed by atoms with Crippen LogP contribution in [0.25, 0.3) is 0 Å². The third kappa shape index (κ3) is 3.05. The van der Waals surface area contributed by atoms with Crippen molar-refractivity contribution in [3.8, 4) is 11.5 Å². The standard InChI is InChI=1S/C13H7BrClFO3/c14-7-4-5-10(16)11(6-7)19-12-8(13(17)18)2-1-3-9(12)15/h1-6H,(H,17,18). The number of hydrogen-bond donors (Lipinski definition) is 1. The van der Waals surface area contributed by atoms with Gasteiger partial charge in [-0.2, -0.15) is 0 Å². The van der Waals surface area contributed by atoms with Gasteiger partial charge in [0.1, 0.15) is 5.56 Å². The number of carboxylic acids is 1. The Hall–Kier alpha value is -1.59. The summed E-state index contributed by atoms with van der Waals surface area (Å²) in [6.07, 6.45) is 0. The molecule has 2 aromatic carbocycles. The highest BCUT2D eigenvalue weighted by Gasteiger charge is 2.17. The van der Waals surface area contributed by atoms with Gasteiger partial charge in [0, 0.05) is 4.47 Å². The second-order valence-corrected chi connectivity index (χ2v) is 4.92. The van der Waals surface area contributed by atoms with Gasteiger partial charge in [-0.3, -0.25) is 0 Å². The van der Waals surface area contributed by atoms with Crippen LogP contribution in [0.4, 0.5) is 4.39 Å². The number of rotatable bonds is 3. The first-order valence-electron chi connectivity index (χ1n) is 5.13. The highest BCUT2D eigenvalue weighted by molar-refractivity contribution is 9.10. The first kappa shape index (κ1) is 13.8. The summed E-state index contributed by atoms with van der Waals surface area (Å²) in [5, 5.41) is 9.15. The predicted octanol–water partition coefficient (Wildman–Crippen LogP) is 4.73. The molecule has 0 atom stereocenters. The third-order valence-corrected chi connectivity index (χ3v) is 3.09. The molecule has 98 valence electrons. The lowest BCUT2D eigenvalue weighted by atomic mass is 10.2. The van der Waals surface area contributed by atoms with Crippen molar-refractivity contribution in [3.63, 3.8) is 0 Å². The van der Waals surface area contributed by atoms with E-state index < -0.39 is 11.8 Å². The van der Waals surface area contributed by atoms with Gasteiger partial charge in [0.2, 0.25) is 0 Å². The summed E-state index contributed by atoms with van der Waals surface area (Å²) in [5.41, 5.74) is -0.133. The molecule has 0 saturated carbocycles. The molecule has 0 spiro atoms. The van der Waals surface area contributed by atoms with Crippen molar-refractivity contribution in [2.75, 3.05) is 0 Å². The van der Waals surface area contributed by atoms with E-state index >= 15 is 0 Å². The van der Waals surface area contributed by atoms with Crippen LogP contribution in [0.2, 0.25) is 5.02 Å². The van der Waals surface area contributed by atoms with Crippen molar-refractivity contribution >= 4 is 33.5 Å². The first-order valence-corrected chi connectivity index (χ1v) is 6.31. The van der Waals surface area contributed by atoms with E-state index in [4.69, 9.17) is 21.4 Å². The van der Waals surface area contributed by atoms with E-state index in [1.54, 1.807) is 0 Å². The van der Waals surface area contributed by atoms with Gasteiger partial charge in [0.15, 0.2) is 17.3 Å². The summed E-state index contributed by atoms with van der Waals surface area (Å²) < 4.78 is 19.5. The Morgan fingerprint density at radius 2 is 2.05 bits per heavy atom. The quantitative estimate of drug-likeness (QED) is 0.874. The fourth-order valence-corrected chi connectivity index (χ4v) is 2.00. The minimum atomic E-state index is -1.20. The summed E-state index contributed by atoms with van der Waals surface area (Å²) in [7, 11) is 0. The van der Waals surface area contributed by atoms with Crippen molar-refractivity contribution in [1.82, 2.24) is 0 Å². The van der Waals surface area contributed by atoms with Crippen LogP contribution in [0.15, 0.2) is 40.9 Å². The summed E-state index contributed by atoms with van der Waals surface area (Å²) >= 11 is 9.07. The van der Waals surface area contributed by atoms with Crippen molar-refractivity contribution in [3.05, 3.63) is 57.3 Å². The number of aromatic carboxylic acids is 1. The summed E-state index contributed by atoms with van der Waals surface area (Å²) in [6, 6.07) is 8.39. The minimum Gasteiger partial charge on any atom is -0.478 e. The van der Waals surface area contributed by atoms with Gasteiger partial charge in [0.25, 0.3) is 0 Å². The molecule has 1 N–H and O–H groups in total. The number of para-hydroxylation sites is 1. The Labute approximate surface area is 121 Å². The molecule has 0 unspecified atom stereocenters. The maximum absolute atomic E-state index is 13.6. The molecule has 0 heterocycles. The number of carboxylic acid groups (broad SMARTS) is 1. The molecule has 0 amide bonds. The van der Waals surface area contributed by atoms with Crippen LogP contribution in [0.1, 0.15) is 10.4 Å². The van der Waals surface area contributed by atoms with Crippen LogP contribution < -0.4 is 4.74 Å². The number of hydrogen-bond acceptors (Lipinski definition) is 2. The highest BCUT2D eigenvalue weighted by atomic mass is 79.9. The maximum atomic E-state index is 13.6. The monoisotopic (exact) mass is 344 g/mol. The fraction of sp³-hybridized carbons (Fsp3) is 0. The summed E-state index contributed by atoms with van der Waals surface area (Å²) in [5.74, 6) is -2.01. The molecular weight excluding hydrogens is 338 g/mol. The van der Waals surface area contributed by atoms with Crippen LogP contribution in [0.3, 0.4) is 0 Å². The zero-order valence-corrected chi connectivity index (χ0v) is 11.7. The van der Waals surface area contributed by atoms with Crippen molar-refractivity contribution in [1.29, 1.82) is 0 Å². The van der Waals surface area contributed by atoms with Crippen molar-refractivity contribution in [2.24, 2.45) is 0 Å². The van der Waals surface area contributed by atoms with Gasteiger partial charge in [-0.25, -0.2) is 9.18 Å². The van der Waals surface area contributed by atoms with Crippen molar-refractivity contribution < 1.29 is 19.0 Å². The van der Waals surface area contributed by atoms with Gasteiger partial charge in [-0.1, -0.05) is 33.6 Å². The Balaban J connectivity index is 2.49. The average Bonchev–Trinajstić information content (AvgIpc) is 2.35. The van der Waals surface area contributed by atoms with Gasteiger partial charge in [-0.05, 0) is 30.3 Å². The molecule has 3 nitrogen and oxygen atoms in total. The average molecular weight is 346 g/mol. The van der Waals surface area contributed by atoms with Crippen LogP contribution in [0.5, 0.6) is 11.5 Å². The van der Waals surface area contributed by atoms with E-state index in [1.165, 1.54) is 36.4 Å². The Kier molecular flexibility index (Phi) is 4.07. The zero-order valence-electron chi connectivity index (χ0n) is 9.36. The Bertz CT molecular complexity index is 646. The molecule has 0 saturated heterocycles.